The van der Waals surface area contributed by atoms with Crippen molar-refractivity contribution in [1.29, 1.82) is 0 Å². The SMILES string of the molecule is O=C(NCc1ccc([C@H]2O[C@@H](CSc3cccc[n+]3[O-])C[C@@H](c3ccc(CO)cc3)O2)cc1)c1cccnc1. The van der Waals surface area contributed by atoms with Gasteiger partial charge in [-0.25, -0.2) is 0 Å². The van der Waals surface area contributed by atoms with Crippen LogP contribution in [0.1, 0.15) is 51.4 Å². The first kappa shape index (κ1) is 26.8. The molecule has 1 fully saturated rings. The first-order valence-corrected chi connectivity index (χ1v) is 13.7. The fourth-order valence-corrected chi connectivity index (χ4v) is 5.23. The molecule has 2 aromatic carbocycles. The van der Waals surface area contributed by atoms with Gasteiger partial charge in [-0.3, -0.25) is 9.78 Å². The van der Waals surface area contributed by atoms with Crippen LogP contribution in [0.15, 0.2) is 102 Å². The van der Waals surface area contributed by atoms with E-state index in [1.165, 1.54) is 24.2 Å². The molecule has 0 bridgehead atoms. The lowest BCUT2D eigenvalue weighted by Crippen LogP contribution is -2.32. The molecule has 2 N–H and O–H groups in total. The van der Waals surface area contributed by atoms with Gasteiger partial charge < -0.3 is 25.1 Å². The van der Waals surface area contributed by atoms with Gasteiger partial charge in [0.15, 0.2) is 12.5 Å². The molecular formula is C30H29N3O5S. The average molecular weight is 544 g/mol. The summed E-state index contributed by atoms with van der Waals surface area (Å²) in [6.45, 7) is 0.365. The number of hydrogen-bond acceptors (Lipinski definition) is 7. The lowest BCUT2D eigenvalue weighted by molar-refractivity contribution is -0.645. The highest BCUT2D eigenvalue weighted by molar-refractivity contribution is 7.99. The predicted octanol–water partition coefficient (Wildman–Crippen LogP) is 4.48. The van der Waals surface area contributed by atoms with Crippen LogP contribution in [0.3, 0.4) is 0 Å². The molecule has 8 nitrogen and oxygen atoms in total. The zero-order chi connectivity index (χ0) is 27.0. The maximum absolute atomic E-state index is 12.3. The summed E-state index contributed by atoms with van der Waals surface area (Å²) < 4.78 is 13.6. The van der Waals surface area contributed by atoms with Crippen molar-refractivity contribution < 1.29 is 24.1 Å². The minimum absolute atomic E-state index is 0.0158. The molecule has 1 aliphatic heterocycles. The molecule has 1 aliphatic rings. The number of nitrogens with one attached hydrogen (secondary N) is 1. The quantitative estimate of drug-likeness (QED) is 0.182. The molecule has 0 radical (unpaired) electrons. The molecule has 1 saturated heterocycles. The van der Waals surface area contributed by atoms with E-state index in [2.05, 4.69) is 10.3 Å². The van der Waals surface area contributed by atoms with E-state index < -0.39 is 6.29 Å². The van der Waals surface area contributed by atoms with Crippen molar-refractivity contribution in [2.75, 3.05) is 5.75 Å². The fraction of sp³-hybridized carbons (Fsp3) is 0.233. The maximum atomic E-state index is 12.3. The Morgan fingerprint density at radius 1 is 1.00 bits per heavy atom. The highest BCUT2D eigenvalue weighted by Gasteiger charge is 2.32. The smallest absolute Gasteiger partial charge is 0.253 e. The summed E-state index contributed by atoms with van der Waals surface area (Å²) in [5.41, 5.74) is 4.16. The molecule has 3 heterocycles. The van der Waals surface area contributed by atoms with Gasteiger partial charge in [0.25, 0.3) is 10.9 Å². The second-order valence-electron chi connectivity index (χ2n) is 9.19. The third kappa shape index (κ3) is 7.01. The number of benzene rings is 2. The molecule has 0 saturated carbocycles. The van der Waals surface area contributed by atoms with Gasteiger partial charge in [0.1, 0.15) is 0 Å². The van der Waals surface area contributed by atoms with Crippen LogP contribution in [0.25, 0.3) is 0 Å². The van der Waals surface area contributed by atoms with Gasteiger partial charge >= 0.3 is 0 Å². The number of hydrogen-bond donors (Lipinski definition) is 2. The Hall–Kier alpha value is -3.76. The number of carbonyl (C=O) groups is 1. The predicted molar refractivity (Wildman–Crippen MR) is 146 cm³/mol. The van der Waals surface area contributed by atoms with Crippen molar-refractivity contribution in [3.8, 4) is 0 Å². The van der Waals surface area contributed by atoms with E-state index >= 15 is 0 Å². The lowest BCUT2D eigenvalue weighted by Gasteiger charge is -2.36. The van der Waals surface area contributed by atoms with Crippen molar-refractivity contribution >= 4 is 17.7 Å². The number of aliphatic hydroxyl groups excluding tert-OH is 1. The summed E-state index contributed by atoms with van der Waals surface area (Å²) in [4.78, 5) is 16.3. The van der Waals surface area contributed by atoms with Crippen LogP contribution in [0, 0.1) is 5.21 Å². The number of aliphatic hydroxyl groups is 1. The number of nitrogens with zero attached hydrogens (tertiary/aromatic N) is 2. The van der Waals surface area contributed by atoms with Crippen molar-refractivity contribution in [3.63, 3.8) is 0 Å². The Kier molecular flexibility index (Phi) is 8.85. The van der Waals surface area contributed by atoms with Crippen LogP contribution in [-0.4, -0.2) is 27.9 Å². The van der Waals surface area contributed by atoms with E-state index in [0.29, 0.717) is 29.3 Å². The third-order valence-electron chi connectivity index (χ3n) is 6.45. The van der Waals surface area contributed by atoms with Gasteiger partial charge in [0, 0.05) is 48.8 Å². The van der Waals surface area contributed by atoms with Gasteiger partial charge in [-0.05, 0) is 34.9 Å². The fourth-order valence-electron chi connectivity index (χ4n) is 4.30. The highest BCUT2D eigenvalue weighted by Crippen LogP contribution is 2.39. The van der Waals surface area contributed by atoms with E-state index in [9.17, 15) is 15.1 Å². The Balaban J connectivity index is 1.28. The van der Waals surface area contributed by atoms with E-state index in [4.69, 9.17) is 9.47 Å². The zero-order valence-electron chi connectivity index (χ0n) is 21.2. The molecule has 4 aromatic rings. The second-order valence-corrected chi connectivity index (χ2v) is 10.2. The molecule has 0 unspecified atom stereocenters. The lowest BCUT2D eigenvalue weighted by atomic mass is 10.0. The summed E-state index contributed by atoms with van der Waals surface area (Å²) in [5.74, 6) is 0.412. The van der Waals surface area contributed by atoms with E-state index in [1.54, 1.807) is 30.5 Å². The zero-order valence-corrected chi connectivity index (χ0v) is 22.0. The Bertz CT molecular complexity index is 1370. The Morgan fingerprint density at radius 2 is 1.77 bits per heavy atom. The molecule has 5 rings (SSSR count). The summed E-state index contributed by atoms with van der Waals surface area (Å²) in [7, 11) is 0. The topological polar surface area (TPSA) is 108 Å². The molecule has 0 aliphatic carbocycles. The monoisotopic (exact) mass is 543 g/mol. The Labute approximate surface area is 231 Å². The molecule has 200 valence electrons. The van der Waals surface area contributed by atoms with Gasteiger partial charge in [-0.1, -0.05) is 60.3 Å². The van der Waals surface area contributed by atoms with Crippen LogP contribution in [0.5, 0.6) is 0 Å². The van der Waals surface area contributed by atoms with Crippen LogP contribution < -0.4 is 10.0 Å². The van der Waals surface area contributed by atoms with E-state index in [1.807, 2.05) is 54.6 Å². The van der Waals surface area contributed by atoms with Gasteiger partial charge in [0.2, 0.25) is 0 Å². The number of ether oxygens (including phenoxy) is 2. The van der Waals surface area contributed by atoms with Crippen LogP contribution >= 0.6 is 11.8 Å². The maximum Gasteiger partial charge on any atom is 0.253 e. The molecule has 0 spiro atoms. The molecule has 1 amide bonds. The minimum atomic E-state index is -0.596. The normalized spacial score (nSPS) is 18.9. The molecule has 3 atom stereocenters. The highest BCUT2D eigenvalue weighted by atomic mass is 32.2. The molecule has 39 heavy (non-hydrogen) atoms. The van der Waals surface area contributed by atoms with Crippen LogP contribution in [0.2, 0.25) is 0 Å². The van der Waals surface area contributed by atoms with E-state index in [0.717, 1.165) is 27.0 Å². The Morgan fingerprint density at radius 3 is 2.49 bits per heavy atom. The largest absolute Gasteiger partial charge is 0.618 e. The summed E-state index contributed by atoms with van der Waals surface area (Å²) >= 11 is 1.46. The minimum Gasteiger partial charge on any atom is -0.618 e. The van der Waals surface area contributed by atoms with Gasteiger partial charge in [-0.15, -0.1) is 0 Å². The van der Waals surface area contributed by atoms with Crippen molar-refractivity contribution in [3.05, 3.63) is 130 Å². The number of rotatable bonds is 9. The van der Waals surface area contributed by atoms with Crippen molar-refractivity contribution in [2.45, 2.75) is 43.1 Å². The number of thioether (sulfide) groups is 1. The first-order chi connectivity index (χ1) is 19.1. The van der Waals surface area contributed by atoms with Gasteiger partial charge in [-0.2, -0.15) is 4.73 Å². The second kappa shape index (κ2) is 12.9. The van der Waals surface area contributed by atoms with Crippen molar-refractivity contribution in [1.82, 2.24) is 10.3 Å². The average Bonchev–Trinajstić information content (AvgIpc) is 3.00. The number of carbonyl (C=O) groups excluding carboxylic acids is 1. The standard InChI is InChI=1S/C30H29N3O5S/c34-19-22-8-10-23(11-9-22)27-16-26(20-39-28-5-1-2-15-33(28)36)37-30(38-27)24-12-6-21(7-13-24)17-32-29(35)25-4-3-14-31-18-25/h1-15,18,26-27,30,34H,16-17,19-20H2,(H,32,35)/t26-,27+,30+/m1/s1. The third-order valence-corrected chi connectivity index (χ3v) is 7.60. The van der Waals surface area contributed by atoms with Crippen LogP contribution in [-0.2, 0) is 22.6 Å². The first-order valence-electron chi connectivity index (χ1n) is 12.7. The summed E-state index contributed by atoms with van der Waals surface area (Å²) in [6, 6.07) is 24.3. The number of amides is 1. The van der Waals surface area contributed by atoms with Gasteiger partial charge in [0.05, 0.1) is 24.4 Å². The number of aromatic nitrogens is 2. The summed E-state index contributed by atoms with van der Waals surface area (Å²) in [6.07, 6.45) is 4.32. The summed E-state index contributed by atoms with van der Waals surface area (Å²) in [5, 5.41) is 25.0. The molecule has 9 heteroatoms. The van der Waals surface area contributed by atoms with Crippen LogP contribution in [0.4, 0.5) is 0 Å². The number of pyridine rings is 2. The molecular weight excluding hydrogens is 514 g/mol. The van der Waals surface area contributed by atoms with Crippen molar-refractivity contribution in [2.24, 2.45) is 0 Å². The molecule has 2 aromatic heterocycles. The van der Waals surface area contributed by atoms with E-state index in [-0.39, 0.29) is 24.7 Å².